The Kier molecular flexibility index (Phi) is 5.82. The van der Waals surface area contributed by atoms with Gasteiger partial charge in [-0.05, 0) is 12.8 Å². The highest BCUT2D eigenvalue weighted by atomic mass is 32.2. The molecule has 0 aromatic rings. The van der Waals surface area contributed by atoms with Crippen molar-refractivity contribution in [2.75, 3.05) is 18.8 Å². The molecule has 6 heteroatoms. The molecule has 1 atom stereocenters. The molecule has 0 aromatic heterocycles. The van der Waals surface area contributed by atoms with Crippen molar-refractivity contribution in [2.24, 2.45) is 11.7 Å². The van der Waals surface area contributed by atoms with Crippen molar-refractivity contribution in [3.05, 3.63) is 0 Å². The minimum absolute atomic E-state index is 0.0415. The Balaban J connectivity index is 4.17. The van der Waals surface area contributed by atoms with E-state index in [-0.39, 0.29) is 6.54 Å². The van der Waals surface area contributed by atoms with E-state index in [1.165, 1.54) is 6.92 Å². The quantitative estimate of drug-likeness (QED) is 0.652. The fraction of sp³-hybridized carbons (Fsp3) is 0.889. The second kappa shape index (κ2) is 6.07. The van der Waals surface area contributed by atoms with Crippen LogP contribution in [-0.4, -0.2) is 38.4 Å². The second-order valence-electron chi connectivity index (χ2n) is 4.05. The standard InChI is InChI=1S/C9H20N2O3S/c1-7(2)5-11-9(12)6-15(13,14)8(3)4-10/h7-8H,4-6,10H2,1-3H3,(H,11,12). The van der Waals surface area contributed by atoms with Crippen molar-refractivity contribution in [1.82, 2.24) is 5.32 Å². The summed E-state index contributed by atoms with van der Waals surface area (Å²) in [6, 6.07) is 0. The second-order valence-corrected chi connectivity index (χ2v) is 6.47. The molecular formula is C9H20N2O3S. The van der Waals surface area contributed by atoms with Crippen LogP contribution in [0.4, 0.5) is 0 Å². The molecule has 0 aliphatic heterocycles. The van der Waals surface area contributed by atoms with Gasteiger partial charge in [-0.1, -0.05) is 13.8 Å². The first kappa shape index (κ1) is 14.4. The number of hydrogen-bond donors (Lipinski definition) is 2. The van der Waals surface area contributed by atoms with E-state index >= 15 is 0 Å². The van der Waals surface area contributed by atoms with Crippen molar-refractivity contribution in [2.45, 2.75) is 26.0 Å². The van der Waals surface area contributed by atoms with Gasteiger partial charge in [-0.15, -0.1) is 0 Å². The Bertz CT molecular complexity index is 298. The van der Waals surface area contributed by atoms with Crippen LogP contribution in [-0.2, 0) is 14.6 Å². The maximum absolute atomic E-state index is 11.5. The summed E-state index contributed by atoms with van der Waals surface area (Å²) in [6.07, 6.45) is 0. The average molecular weight is 236 g/mol. The van der Waals surface area contributed by atoms with Crippen LogP contribution >= 0.6 is 0 Å². The topological polar surface area (TPSA) is 89.3 Å². The molecule has 5 nitrogen and oxygen atoms in total. The zero-order valence-corrected chi connectivity index (χ0v) is 10.3. The van der Waals surface area contributed by atoms with Crippen molar-refractivity contribution in [3.63, 3.8) is 0 Å². The molecule has 0 bridgehead atoms. The fourth-order valence-electron chi connectivity index (χ4n) is 0.841. The molecule has 0 aliphatic carbocycles. The number of nitrogens with two attached hydrogens (primary N) is 1. The van der Waals surface area contributed by atoms with E-state index < -0.39 is 26.7 Å². The first-order valence-corrected chi connectivity index (χ1v) is 6.69. The highest BCUT2D eigenvalue weighted by Gasteiger charge is 2.22. The lowest BCUT2D eigenvalue weighted by Gasteiger charge is -2.11. The van der Waals surface area contributed by atoms with Gasteiger partial charge in [0.2, 0.25) is 5.91 Å². The van der Waals surface area contributed by atoms with E-state index in [1.807, 2.05) is 13.8 Å². The molecule has 90 valence electrons. The Morgan fingerprint density at radius 3 is 2.27 bits per heavy atom. The maximum Gasteiger partial charge on any atom is 0.235 e. The molecular weight excluding hydrogens is 216 g/mol. The molecule has 0 saturated heterocycles. The lowest BCUT2D eigenvalue weighted by molar-refractivity contribution is -0.118. The van der Waals surface area contributed by atoms with Gasteiger partial charge in [0.05, 0.1) is 5.25 Å². The van der Waals surface area contributed by atoms with E-state index in [9.17, 15) is 13.2 Å². The number of hydrogen-bond acceptors (Lipinski definition) is 4. The molecule has 3 N–H and O–H groups in total. The zero-order chi connectivity index (χ0) is 12.1. The van der Waals surface area contributed by atoms with E-state index in [2.05, 4.69) is 5.32 Å². The maximum atomic E-state index is 11.5. The SMILES string of the molecule is CC(C)CNC(=O)CS(=O)(=O)C(C)CN. The Morgan fingerprint density at radius 2 is 1.87 bits per heavy atom. The molecule has 15 heavy (non-hydrogen) atoms. The number of rotatable bonds is 6. The summed E-state index contributed by atoms with van der Waals surface area (Å²) in [5.41, 5.74) is 5.25. The van der Waals surface area contributed by atoms with Gasteiger partial charge in [-0.25, -0.2) is 8.42 Å². The van der Waals surface area contributed by atoms with Crippen LogP contribution in [0.15, 0.2) is 0 Å². The van der Waals surface area contributed by atoms with Gasteiger partial charge in [0, 0.05) is 13.1 Å². The van der Waals surface area contributed by atoms with Crippen molar-refractivity contribution >= 4 is 15.7 Å². The minimum Gasteiger partial charge on any atom is -0.355 e. The predicted octanol–water partition coefficient (Wildman–Crippen LogP) is -0.479. The van der Waals surface area contributed by atoms with Crippen LogP contribution in [0.3, 0.4) is 0 Å². The molecule has 0 radical (unpaired) electrons. The molecule has 1 amide bonds. The summed E-state index contributed by atoms with van der Waals surface area (Å²) in [7, 11) is -3.39. The van der Waals surface area contributed by atoms with Crippen LogP contribution in [0.25, 0.3) is 0 Å². The van der Waals surface area contributed by atoms with Crippen LogP contribution in [0.5, 0.6) is 0 Å². The van der Waals surface area contributed by atoms with Gasteiger partial charge in [0.25, 0.3) is 0 Å². The average Bonchev–Trinajstić information content (AvgIpc) is 2.12. The predicted molar refractivity (Wildman–Crippen MR) is 60.2 cm³/mol. The van der Waals surface area contributed by atoms with Crippen LogP contribution < -0.4 is 11.1 Å². The molecule has 0 fully saturated rings. The van der Waals surface area contributed by atoms with Gasteiger partial charge in [0.1, 0.15) is 5.75 Å². The summed E-state index contributed by atoms with van der Waals surface area (Å²) < 4.78 is 23.0. The zero-order valence-electron chi connectivity index (χ0n) is 9.49. The van der Waals surface area contributed by atoms with Gasteiger partial charge < -0.3 is 11.1 Å². The lowest BCUT2D eigenvalue weighted by atomic mass is 10.2. The minimum atomic E-state index is -3.39. The van der Waals surface area contributed by atoms with Crippen LogP contribution in [0.1, 0.15) is 20.8 Å². The molecule has 0 aliphatic rings. The fourth-order valence-corrected chi connectivity index (χ4v) is 1.89. The molecule has 0 saturated carbocycles. The molecule has 0 heterocycles. The summed E-state index contributed by atoms with van der Waals surface area (Å²) in [5.74, 6) is -0.620. The highest BCUT2D eigenvalue weighted by Crippen LogP contribution is 2.00. The number of carbonyl (C=O) groups is 1. The van der Waals surface area contributed by atoms with Crippen molar-refractivity contribution in [3.8, 4) is 0 Å². The summed E-state index contributed by atoms with van der Waals surface area (Å²) in [5, 5.41) is 1.89. The van der Waals surface area contributed by atoms with Gasteiger partial charge in [-0.2, -0.15) is 0 Å². The molecule has 0 rings (SSSR count). The largest absolute Gasteiger partial charge is 0.355 e. The Hall–Kier alpha value is -0.620. The first-order valence-electron chi connectivity index (χ1n) is 4.98. The number of sulfone groups is 1. The van der Waals surface area contributed by atoms with E-state index in [0.717, 1.165) is 0 Å². The summed E-state index contributed by atoms with van der Waals surface area (Å²) in [6.45, 7) is 5.92. The highest BCUT2D eigenvalue weighted by molar-refractivity contribution is 7.92. The molecule has 0 spiro atoms. The monoisotopic (exact) mass is 236 g/mol. The third-order valence-electron chi connectivity index (χ3n) is 1.98. The van der Waals surface area contributed by atoms with Crippen LogP contribution in [0.2, 0.25) is 0 Å². The third kappa shape index (κ3) is 5.74. The lowest BCUT2D eigenvalue weighted by Crippen LogP contribution is -2.37. The van der Waals surface area contributed by atoms with Crippen molar-refractivity contribution < 1.29 is 13.2 Å². The molecule has 0 aromatic carbocycles. The van der Waals surface area contributed by atoms with E-state index in [1.54, 1.807) is 0 Å². The van der Waals surface area contributed by atoms with Crippen molar-refractivity contribution in [1.29, 1.82) is 0 Å². The van der Waals surface area contributed by atoms with Gasteiger partial charge in [0.15, 0.2) is 9.84 Å². The Labute approximate surface area is 91.3 Å². The smallest absolute Gasteiger partial charge is 0.235 e. The van der Waals surface area contributed by atoms with Gasteiger partial charge >= 0.3 is 0 Å². The summed E-state index contributed by atoms with van der Waals surface area (Å²) >= 11 is 0. The first-order chi connectivity index (χ1) is 6.79. The third-order valence-corrected chi connectivity index (χ3v) is 4.07. The Morgan fingerprint density at radius 1 is 1.33 bits per heavy atom. The van der Waals surface area contributed by atoms with E-state index in [4.69, 9.17) is 5.73 Å². The number of carbonyl (C=O) groups excluding carboxylic acids is 1. The molecule has 1 unspecified atom stereocenters. The van der Waals surface area contributed by atoms with E-state index in [0.29, 0.717) is 12.5 Å². The van der Waals surface area contributed by atoms with Gasteiger partial charge in [-0.3, -0.25) is 4.79 Å². The van der Waals surface area contributed by atoms with Crippen LogP contribution in [0, 0.1) is 5.92 Å². The summed E-state index contributed by atoms with van der Waals surface area (Å²) in [4.78, 5) is 11.3. The number of nitrogens with one attached hydrogen (secondary N) is 1. The number of amides is 1. The normalized spacial score (nSPS) is 13.9.